The Balaban J connectivity index is 1.42. The summed E-state index contributed by atoms with van der Waals surface area (Å²) >= 11 is 9.48. The highest BCUT2D eigenvalue weighted by molar-refractivity contribution is 9.10. The average molecular weight is 483 g/mol. The smallest absolute Gasteiger partial charge is 0.495 e. The van der Waals surface area contributed by atoms with Crippen LogP contribution in [0.2, 0.25) is 5.15 Å². The van der Waals surface area contributed by atoms with Crippen LogP contribution in [0.4, 0.5) is 5.69 Å². The molecule has 146 valence electrons. The highest BCUT2D eigenvalue weighted by Crippen LogP contribution is 2.49. The number of thiol groups is 1. The number of halogens is 2. The van der Waals surface area contributed by atoms with E-state index in [0.717, 1.165) is 32.6 Å². The van der Waals surface area contributed by atoms with E-state index in [-0.39, 0.29) is 0 Å². The Hall–Kier alpha value is -1.52. The number of hydrogen-bond acceptors (Lipinski definition) is 5. The lowest BCUT2D eigenvalue weighted by molar-refractivity contribution is 0.288. The predicted octanol–water partition coefficient (Wildman–Crippen LogP) is 3.44. The molecular formula is C18H18BBrClN3O3S. The Morgan fingerprint density at radius 2 is 2.14 bits per heavy atom. The summed E-state index contributed by atoms with van der Waals surface area (Å²) in [7, 11) is 1.92. The summed E-state index contributed by atoms with van der Waals surface area (Å²) < 4.78 is 13.8. The van der Waals surface area contributed by atoms with Crippen LogP contribution in [0, 0.1) is 0 Å². The van der Waals surface area contributed by atoms with Gasteiger partial charge in [-0.05, 0) is 34.1 Å². The molecule has 1 atom stereocenters. The van der Waals surface area contributed by atoms with Crippen LogP contribution in [0.15, 0.2) is 44.8 Å². The van der Waals surface area contributed by atoms with Gasteiger partial charge in [0.2, 0.25) is 0 Å². The molecule has 1 unspecified atom stereocenters. The fraction of sp³-hybridized carbons (Fsp3) is 0.222. The lowest BCUT2D eigenvalue weighted by atomic mass is 9.85. The zero-order valence-corrected chi connectivity index (χ0v) is 18.5. The molecule has 0 bridgehead atoms. The molecule has 0 spiro atoms. The number of hydrogen-bond donors (Lipinski definition) is 2. The van der Waals surface area contributed by atoms with Gasteiger partial charge in [-0.1, -0.05) is 11.6 Å². The number of ether oxygens (including phenoxy) is 1. The van der Waals surface area contributed by atoms with Gasteiger partial charge < -0.3 is 19.0 Å². The van der Waals surface area contributed by atoms with E-state index in [1.165, 1.54) is 4.90 Å². The number of aliphatic imine (C=N–C) groups is 1. The van der Waals surface area contributed by atoms with Crippen LogP contribution in [-0.4, -0.2) is 46.7 Å². The van der Waals surface area contributed by atoms with Gasteiger partial charge in [0.15, 0.2) is 0 Å². The first-order chi connectivity index (χ1) is 13.5. The lowest BCUT2D eigenvalue weighted by Gasteiger charge is -2.16. The fourth-order valence-electron chi connectivity index (χ4n) is 3.21. The van der Waals surface area contributed by atoms with Crippen LogP contribution < -0.4 is 10.3 Å². The molecule has 0 saturated heterocycles. The minimum absolute atomic E-state index is 0.419. The molecule has 1 N–H and O–H groups in total. The molecule has 1 aliphatic rings. The van der Waals surface area contributed by atoms with E-state index in [2.05, 4.69) is 32.0 Å². The topological polar surface area (TPSA) is 68.9 Å². The molecule has 0 aliphatic carbocycles. The van der Waals surface area contributed by atoms with E-state index >= 15 is 0 Å². The monoisotopic (exact) mass is 481 g/mol. The molecule has 0 radical (unpaired) electrons. The van der Waals surface area contributed by atoms with Gasteiger partial charge in [-0.15, -0.1) is 0 Å². The second-order valence-corrected chi connectivity index (χ2v) is 9.67. The van der Waals surface area contributed by atoms with Crippen molar-refractivity contribution in [3.63, 3.8) is 0 Å². The number of pyridine rings is 1. The summed E-state index contributed by atoms with van der Waals surface area (Å²) in [6.45, 7) is 0.419. The second-order valence-electron chi connectivity index (χ2n) is 6.33. The van der Waals surface area contributed by atoms with Crippen molar-refractivity contribution in [2.45, 2.75) is 4.90 Å². The number of aromatic nitrogens is 2. The minimum Gasteiger partial charge on any atom is -0.495 e. The van der Waals surface area contributed by atoms with Gasteiger partial charge in [0.25, 0.3) is 0 Å². The van der Waals surface area contributed by atoms with Gasteiger partial charge in [0.1, 0.15) is 10.9 Å². The minimum atomic E-state index is -1.02. The standard InChI is InChI=1S/C18H18BBrClN3O3S/c1-24-14-9-22-18(21)6-11(14)5-17(24)19(25)27-3-4-28-10-23-13-8-15(26-2)12(20)7-16(13)28/h5-10,25,28H,3-4H2,1-2H3. The maximum Gasteiger partial charge on any atom is 0.508 e. The zero-order chi connectivity index (χ0) is 19.8. The first kappa shape index (κ1) is 19.8. The van der Waals surface area contributed by atoms with E-state index in [0.29, 0.717) is 17.4 Å². The third kappa shape index (κ3) is 3.69. The number of nitrogens with zero attached hydrogens (tertiary/aromatic N) is 3. The Labute approximate surface area is 179 Å². The van der Waals surface area contributed by atoms with Gasteiger partial charge in [-0.3, -0.25) is 4.99 Å². The van der Waals surface area contributed by atoms with Crippen LogP contribution >= 0.6 is 38.4 Å². The van der Waals surface area contributed by atoms with Crippen LogP contribution in [0.1, 0.15) is 0 Å². The Morgan fingerprint density at radius 3 is 2.93 bits per heavy atom. The molecule has 6 nitrogen and oxygen atoms in total. The maximum absolute atomic E-state index is 10.5. The third-order valence-corrected chi connectivity index (χ3v) is 7.55. The largest absolute Gasteiger partial charge is 0.508 e. The second kappa shape index (κ2) is 8.08. The first-order valence-electron chi connectivity index (χ1n) is 8.57. The summed E-state index contributed by atoms with van der Waals surface area (Å²) in [5.41, 5.74) is 4.47. The highest BCUT2D eigenvalue weighted by atomic mass is 79.9. The summed E-state index contributed by atoms with van der Waals surface area (Å²) in [4.78, 5) is 9.78. The maximum atomic E-state index is 10.5. The van der Waals surface area contributed by atoms with Crippen LogP contribution in [0.3, 0.4) is 0 Å². The molecule has 1 aliphatic heterocycles. The van der Waals surface area contributed by atoms with E-state index in [4.69, 9.17) is 21.0 Å². The van der Waals surface area contributed by atoms with Crippen molar-refractivity contribution in [2.75, 3.05) is 19.5 Å². The molecular weight excluding hydrogens is 464 g/mol. The Kier molecular flexibility index (Phi) is 5.71. The normalized spacial score (nSPS) is 16.5. The van der Waals surface area contributed by atoms with Crippen molar-refractivity contribution in [3.8, 4) is 5.75 Å². The molecule has 4 rings (SSSR count). The van der Waals surface area contributed by atoms with E-state index in [9.17, 15) is 5.02 Å². The van der Waals surface area contributed by atoms with Crippen LogP contribution in [-0.2, 0) is 11.7 Å². The van der Waals surface area contributed by atoms with Crippen molar-refractivity contribution < 1.29 is 14.4 Å². The number of benzene rings is 1. The van der Waals surface area contributed by atoms with Crippen molar-refractivity contribution in [2.24, 2.45) is 12.0 Å². The van der Waals surface area contributed by atoms with Crippen LogP contribution in [0.5, 0.6) is 5.75 Å². The SMILES string of the molecule is COc1cc2c(cc1Br)[SH](CCOB(O)c1cc3cc(Cl)ncc3n1C)C=N2. The van der Waals surface area contributed by atoms with Gasteiger partial charge in [-0.25, -0.2) is 4.98 Å². The van der Waals surface area contributed by atoms with Crippen molar-refractivity contribution in [3.05, 3.63) is 40.1 Å². The summed E-state index contributed by atoms with van der Waals surface area (Å²) in [6.07, 6.45) is 1.69. The molecule has 0 fully saturated rings. The molecule has 0 amide bonds. The number of aryl methyl sites for hydroxylation is 1. The summed E-state index contributed by atoms with van der Waals surface area (Å²) in [5.74, 6) is 1.55. The van der Waals surface area contributed by atoms with E-state index < -0.39 is 18.0 Å². The van der Waals surface area contributed by atoms with Crippen molar-refractivity contribution in [1.29, 1.82) is 0 Å². The predicted molar refractivity (Wildman–Crippen MR) is 120 cm³/mol. The molecule has 28 heavy (non-hydrogen) atoms. The quantitative estimate of drug-likeness (QED) is 0.321. The van der Waals surface area contributed by atoms with Crippen molar-refractivity contribution in [1.82, 2.24) is 9.55 Å². The molecule has 3 aromatic rings. The number of fused-ring (bicyclic) bond motifs is 2. The molecule has 10 heteroatoms. The van der Waals surface area contributed by atoms with Gasteiger partial charge in [0, 0.05) is 46.9 Å². The molecule has 3 heterocycles. The first-order valence-corrected chi connectivity index (χ1v) is 11.3. The molecule has 0 saturated carbocycles. The molecule has 1 aromatic carbocycles. The van der Waals surface area contributed by atoms with Crippen LogP contribution in [0.25, 0.3) is 10.9 Å². The summed E-state index contributed by atoms with van der Waals surface area (Å²) in [5, 5.41) is 11.8. The highest BCUT2D eigenvalue weighted by Gasteiger charge is 2.24. The third-order valence-electron chi connectivity index (χ3n) is 4.69. The van der Waals surface area contributed by atoms with Gasteiger partial charge in [-0.2, -0.15) is 10.9 Å². The number of methoxy groups -OCH3 is 1. The fourth-order valence-corrected chi connectivity index (χ4v) is 5.81. The van der Waals surface area contributed by atoms with Gasteiger partial charge >= 0.3 is 7.12 Å². The molecule has 2 aromatic heterocycles. The van der Waals surface area contributed by atoms with Gasteiger partial charge in [0.05, 0.1) is 29.0 Å². The Morgan fingerprint density at radius 1 is 1.32 bits per heavy atom. The average Bonchev–Trinajstić information content (AvgIpc) is 3.21. The number of rotatable bonds is 6. The zero-order valence-electron chi connectivity index (χ0n) is 15.3. The van der Waals surface area contributed by atoms with E-state index in [1.807, 2.05) is 29.3 Å². The lowest BCUT2D eigenvalue weighted by Crippen LogP contribution is -2.38. The van der Waals surface area contributed by atoms with E-state index in [1.54, 1.807) is 19.4 Å². The Bertz CT molecular complexity index is 1080. The summed E-state index contributed by atoms with van der Waals surface area (Å²) in [6, 6.07) is 7.63. The van der Waals surface area contributed by atoms with Crippen molar-refractivity contribution >= 4 is 73.3 Å².